The summed E-state index contributed by atoms with van der Waals surface area (Å²) in [6.07, 6.45) is 10.3. The molecular weight excluding hydrogens is 370 g/mol. The van der Waals surface area contributed by atoms with Crippen LogP contribution in [0, 0.1) is 58.7 Å². The van der Waals surface area contributed by atoms with Gasteiger partial charge in [-0.15, -0.1) is 0 Å². The highest BCUT2D eigenvalue weighted by molar-refractivity contribution is 5.83. The van der Waals surface area contributed by atoms with Crippen molar-refractivity contribution in [1.82, 2.24) is 4.90 Å². The van der Waals surface area contributed by atoms with Crippen molar-refractivity contribution in [3.63, 3.8) is 0 Å². The van der Waals surface area contributed by atoms with Crippen LogP contribution in [0.1, 0.15) is 78.6 Å². The number of hydrogen-bond donors (Lipinski definition) is 1. The Morgan fingerprint density at radius 3 is 2.53 bits per heavy atom. The lowest BCUT2D eigenvalue weighted by Gasteiger charge is -2.56. The molecule has 0 radical (unpaired) electrons. The summed E-state index contributed by atoms with van der Waals surface area (Å²) in [4.78, 5) is 16.1. The highest BCUT2D eigenvalue weighted by Crippen LogP contribution is 2.66. The Morgan fingerprint density at radius 2 is 1.70 bits per heavy atom. The number of carbonyl (C=O) groups excluding carboxylic acids is 1. The molecule has 0 aromatic rings. The molecule has 4 aliphatic carbocycles. The van der Waals surface area contributed by atoms with Gasteiger partial charge in [0.2, 0.25) is 0 Å². The fourth-order valence-electron chi connectivity index (χ4n) is 10.3. The van der Waals surface area contributed by atoms with Gasteiger partial charge in [0.25, 0.3) is 0 Å². The average Bonchev–Trinajstić information content (AvgIpc) is 3.09. The Hall–Kier alpha value is -0.410. The van der Waals surface area contributed by atoms with Crippen LogP contribution in [0.4, 0.5) is 0 Å². The van der Waals surface area contributed by atoms with E-state index in [9.17, 15) is 9.90 Å². The quantitative estimate of drug-likeness (QED) is 0.622. The van der Waals surface area contributed by atoms with Gasteiger partial charge in [-0.1, -0.05) is 20.8 Å². The molecule has 6 aliphatic rings. The van der Waals surface area contributed by atoms with Crippen LogP contribution in [-0.4, -0.2) is 41.0 Å². The Balaban J connectivity index is 1.28. The zero-order chi connectivity index (χ0) is 20.8. The third-order valence-electron chi connectivity index (χ3n) is 11.8. The summed E-state index contributed by atoms with van der Waals surface area (Å²) < 4.78 is 0. The van der Waals surface area contributed by atoms with E-state index in [4.69, 9.17) is 0 Å². The Kier molecular flexibility index (Phi) is 4.75. The summed E-state index contributed by atoms with van der Waals surface area (Å²) in [5, 5.41) is 10.3. The van der Waals surface area contributed by atoms with Crippen LogP contribution >= 0.6 is 0 Å². The van der Waals surface area contributed by atoms with Gasteiger partial charge in [-0.05, 0) is 104 Å². The van der Waals surface area contributed by atoms with E-state index in [1.54, 1.807) is 0 Å². The minimum absolute atomic E-state index is 0.135. The molecule has 4 saturated carbocycles. The van der Waals surface area contributed by atoms with Gasteiger partial charge in [-0.25, -0.2) is 0 Å². The van der Waals surface area contributed by atoms with Crippen molar-refractivity contribution < 1.29 is 9.90 Å². The van der Waals surface area contributed by atoms with Gasteiger partial charge >= 0.3 is 0 Å². The Labute approximate surface area is 183 Å². The van der Waals surface area contributed by atoms with Crippen molar-refractivity contribution in [2.24, 2.45) is 58.7 Å². The van der Waals surface area contributed by atoms with Gasteiger partial charge in [0.1, 0.15) is 5.78 Å². The highest BCUT2D eigenvalue weighted by Gasteiger charge is 2.62. The molecule has 2 heterocycles. The summed E-state index contributed by atoms with van der Waals surface area (Å²) in [7, 11) is 0. The largest absolute Gasteiger partial charge is 0.393 e. The van der Waals surface area contributed by atoms with Crippen molar-refractivity contribution in [3.8, 4) is 0 Å². The molecule has 0 amide bonds. The normalized spacial score (nSPS) is 58.3. The van der Waals surface area contributed by atoms with E-state index in [1.807, 2.05) is 0 Å². The molecule has 6 rings (SSSR count). The van der Waals surface area contributed by atoms with Gasteiger partial charge in [0, 0.05) is 31.5 Å². The number of aliphatic hydroxyl groups is 1. The van der Waals surface area contributed by atoms with Gasteiger partial charge < -0.3 is 5.11 Å². The van der Waals surface area contributed by atoms with Crippen LogP contribution in [-0.2, 0) is 4.79 Å². The van der Waals surface area contributed by atoms with Crippen LogP contribution < -0.4 is 0 Å². The van der Waals surface area contributed by atoms with Crippen molar-refractivity contribution in [2.75, 3.05) is 13.1 Å². The zero-order valence-corrected chi connectivity index (χ0v) is 19.4. The molecule has 168 valence electrons. The van der Waals surface area contributed by atoms with Crippen molar-refractivity contribution in [1.29, 1.82) is 0 Å². The molecule has 2 aliphatic heterocycles. The van der Waals surface area contributed by atoms with E-state index in [2.05, 4.69) is 25.7 Å². The smallest absolute Gasteiger partial charge is 0.136 e. The molecule has 2 saturated heterocycles. The minimum atomic E-state index is -0.242. The summed E-state index contributed by atoms with van der Waals surface area (Å²) in [5.74, 6) is 7.19. The molecule has 1 N–H and O–H groups in total. The number of nitrogens with zero attached hydrogens (tertiary/aromatic N) is 1. The van der Waals surface area contributed by atoms with Gasteiger partial charge in [0.05, 0.1) is 6.10 Å². The second-order valence-corrected chi connectivity index (χ2v) is 13.0. The average molecular weight is 414 g/mol. The molecule has 0 aromatic heterocycles. The predicted octanol–water partition coefficient (Wildman–Crippen LogP) is 4.77. The second kappa shape index (κ2) is 7.04. The molecule has 30 heavy (non-hydrogen) atoms. The van der Waals surface area contributed by atoms with Crippen molar-refractivity contribution >= 4 is 5.78 Å². The summed E-state index contributed by atoms with van der Waals surface area (Å²) >= 11 is 0. The first-order valence-electron chi connectivity index (χ1n) is 13.3. The molecule has 8 unspecified atom stereocenters. The number of Topliss-reactive ketones (excluding diaryl/α,β-unsaturated/α-hetero) is 1. The van der Waals surface area contributed by atoms with E-state index in [-0.39, 0.29) is 17.4 Å². The highest BCUT2D eigenvalue weighted by atomic mass is 16.3. The van der Waals surface area contributed by atoms with Crippen LogP contribution in [0.3, 0.4) is 0 Å². The van der Waals surface area contributed by atoms with Crippen LogP contribution in [0.5, 0.6) is 0 Å². The maximum absolute atomic E-state index is 13.2. The Morgan fingerprint density at radius 1 is 0.900 bits per heavy atom. The van der Waals surface area contributed by atoms with Gasteiger partial charge in [-0.2, -0.15) is 0 Å². The maximum Gasteiger partial charge on any atom is 0.136 e. The second-order valence-electron chi connectivity index (χ2n) is 13.0. The lowest BCUT2D eigenvalue weighted by atomic mass is 9.51. The van der Waals surface area contributed by atoms with E-state index >= 15 is 0 Å². The van der Waals surface area contributed by atoms with Crippen LogP contribution in [0.15, 0.2) is 0 Å². The number of carbonyl (C=O) groups is 1. The summed E-state index contributed by atoms with van der Waals surface area (Å²) in [5.41, 5.74) is 0.161. The molecule has 6 fully saturated rings. The maximum atomic E-state index is 13.2. The number of piperidine rings is 2. The van der Waals surface area contributed by atoms with E-state index in [1.165, 1.54) is 45.2 Å². The fourth-order valence-corrected chi connectivity index (χ4v) is 10.3. The van der Waals surface area contributed by atoms with Crippen LogP contribution in [0.2, 0.25) is 0 Å². The first-order valence-corrected chi connectivity index (χ1v) is 13.3. The number of ketones is 1. The molecule has 12 atom stereocenters. The van der Waals surface area contributed by atoms with Crippen molar-refractivity contribution in [3.05, 3.63) is 0 Å². The minimum Gasteiger partial charge on any atom is -0.393 e. The molecule has 0 aromatic carbocycles. The molecule has 3 heteroatoms. The van der Waals surface area contributed by atoms with E-state index < -0.39 is 0 Å². The Bertz CT molecular complexity index is 705. The monoisotopic (exact) mass is 413 g/mol. The predicted molar refractivity (Wildman–Crippen MR) is 119 cm³/mol. The van der Waals surface area contributed by atoms with E-state index in [0.717, 1.165) is 73.2 Å². The molecule has 0 bridgehead atoms. The number of aliphatic hydroxyl groups excluding tert-OH is 1. The van der Waals surface area contributed by atoms with Crippen molar-refractivity contribution in [2.45, 2.75) is 90.7 Å². The lowest BCUT2D eigenvalue weighted by Crippen LogP contribution is -2.58. The van der Waals surface area contributed by atoms with E-state index in [0.29, 0.717) is 11.7 Å². The topological polar surface area (TPSA) is 40.5 Å². The fraction of sp³-hybridized carbons (Fsp3) is 0.963. The number of fused-ring (bicyclic) bond motifs is 8. The summed E-state index contributed by atoms with van der Waals surface area (Å²) in [6.45, 7) is 10.1. The standard InChI is InChI=1S/C27H43NO2/c1-15-4-7-25-16(2)18-5-6-19-20(22(18)14-28(25)13-15)11-23-21(19)12-26(30)24-10-17(29)8-9-27(23,24)3/h15-25,29H,4-14H2,1-3H3/t15-,16+,17-,18?,19?,20?,21?,22?,23?,24?,25?,27+/m0/s1. The number of hydrogen-bond acceptors (Lipinski definition) is 3. The first kappa shape index (κ1) is 20.2. The SMILES string of the molecule is C[C@H]1CCC2[C@H](C)C3CCC4C(CC5C4CC(=O)C4C[C@@H](O)CC[C@@]45C)C3CN2C1. The third kappa shape index (κ3) is 2.79. The third-order valence-corrected chi connectivity index (χ3v) is 11.8. The summed E-state index contributed by atoms with van der Waals surface area (Å²) in [6, 6.07) is 0.839. The lowest BCUT2D eigenvalue weighted by molar-refractivity contribution is -0.145. The first-order chi connectivity index (χ1) is 14.4. The van der Waals surface area contributed by atoms with Crippen LogP contribution in [0.25, 0.3) is 0 Å². The van der Waals surface area contributed by atoms with Gasteiger partial charge in [-0.3, -0.25) is 9.69 Å². The van der Waals surface area contributed by atoms with Gasteiger partial charge in [0.15, 0.2) is 0 Å². The molecular formula is C27H43NO2. The molecule has 3 nitrogen and oxygen atoms in total. The zero-order valence-electron chi connectivity index (χ0n) is 19.4. The molecule has 0 spiro atoms. The number of rotatable bonds is 0.